The number of likely N-dealkylation sites (N-methyl/N-ethyl adjacent to an activating group) is 1. The lowest BCUT2D eigenvalue weighted by Crippen LogP contribution is -2.48. The Morgan fingerprint density at radius 2 is 1.97 bits per heavy atom. The molecule has 1 N–H and O–H groups in total. The summed E-state index contributed by atoms with van der Waals surface area (Å²) in [5.74, 6) is 0.463. The van der Waals surface area contributed by atoms with Crippen LogP contribution in [0.1, 0.15) is 56.9 Å². The number of benzene rings is 1. The maximum atomic E-state index is 13.2. The second kappa shape index (κ2) is 9.51. The van der Waals surface area contributed by atoms with E-state index in [0.29, 0.717) is 24.7 Å². The Labute approximate surface area is 198 Å². The molecule has 5 rings (SSSR count). The van der Waals surface area contributed by atoms with Crippen LogP contribution in [-0.2, 0) is 19.3 Å². The summed E-state index contributed by atoms with van der Waals surface area (Å²) in [4.78, 5) is 30.2. The fourth-order valence-corrected chi connectivity index (χ4v) is 5.98. The summed E-state index contributed by atoms with van der Waals surface area (Å²) >= 11 is 1.55. The smallest absolute Gasteiger partial charge is 0.274 e. The van der Waals surface area contributed by atoms with Gasteiger partial charge in [0.2, 0.25) is 0 Å². The van der Waals surface area contributed by atoms with Crippen molar-refractivity contribution in [2.24, 2.45) is 5.92 Å². The van der Waals surface area contributed by atoms with Gasteiger partial charge in [-0.15, -0.1) is 0 Å². The molecule has 7 heteroatoms. The summed E-state index contributed by atoms with van der Waals surface area (Å²) in [5, 5.41) is 11.3. The molecule has 1 saturated heterocycles. The summed E-state index contributed by atoms with van der Waals surface area (Å²) in [6.45, 7) is 1.41. The van der Waals surface area contributed by atoms with E-state index in [1.807, 2.05) is 39.7 Å². The minimum atomic E-state index is 0.0511. The molecule has 0 spiro atoms. The van der Waals surface area contributed by atoms with Crippen LogP contribution in [0.5, 0.6) is 0 Å². The lowest BCUT2D eigenvalue weighted by molar-refractivity contribution is 0.0519. The molecular weight excluding hydrogens is 432 g/mol. The van der Waals surface area contributed by atoms with Gasteiger partial charge in [0, 0.05) is 42.8 Å². The van der Waals surface area contributed by atoms with Crippen molar-refractivity contribution in [2.75, 3.05) is 20.1 Å². The molecule has 3 aromatic rings. The van der Waals surface area contributed by atoms with Crippen molar-refractivity contribution < 1.29 is 9.59 Å². The topological polar surface area (TPSA) is 69.3 Å². The van der Waals surface area contributed by atoms with Gasteiger partial charge in [0.15, 0.2) is 5.69 Å². The maximum Gasteiger partial charge on any atom is 0.274 e. The number of rotatable bonds is 6. The van der Waals surface area contributed by atoms with E-state index in [-0.39, 0.29) is 17.9 Å². The summed E-state index contributed by atoms with van der Waals surface area (Å²) in [6, 6.07) is 12.4. The summed E-state index contributed by atoms with van der Waals surface area (Å²) in [5.41, 5.74) is 4.85. The largest absolute Gasteiger partial charge is 0.338 e. The predicted molar refractivity (Wildman–Crippen MR) is 130 cm³/mol. The van der Waals surface area contributed by atoms with Gasteiger partial charge < -0.3 is 9.80 Å². The molecule has 1 aliphatic carbocycles. The SMILES string of the molecule is CN(C(=O)c1ccsc1)C(Cc1ccccc1)C1CCN(C(=O)c2n[nH]c3c2CCC3)CC1. The fourth-order valence-electron chi connectivity index (χ4n) is 5.35. The standard InChI is InChI=1S/C26H30N4O2S/c1-29(25(31)20-12-15-33-17-20)23(16-18-6-3-2-4-7-18)19-10-13-30(14-11-19)26(32)24-21-8-5-9-22(21)27-28-24/h2-4,6-7,12,15,17,19,23H,5,8-11,13-14,16H2,1H3,(H,27,28). The van der Waals surface area contributed by atoms with Crippen LogP contribution in [0.25, 0.3) is 0 Å². The van der Waals surface area contributed by atoms with Crippen LogP contribution in [-0.4, -0.2) is 58.0 Å². The minimum absolute atomic E-state index is 0.0511. The predicted octanol–water partition coefficient (Wildman–Crippen LogP) is 4.20. The maximum absolute atomic E-state index is 13.2. The third-order valence-electron chi connectivity index (χ3n) is 7.25. The first-order chi connectivity index (χ1) is 16.1. The van der Waals surface area contributed by atoms with Gasteiger partial charge in [0.25, 0.3) is 11.8 Å². The van der Waals surface area contributed by atoms with Crippen molar-refractivity contribution in [1.82, 2.24) is 20.0 Å². The number of aryl methyl sites for hydroxylation is 1. The van der Waals surface area contributed by atoms with E-state index in [0.717, 1.165) is 55.3 Å². The lowest BCUT2D eigenvalue weighted by atomic mass is 9.84. The molecule has 2 aliphatic rings. The first-order valence-corrected chi connectivity index (χ1v) is 12.7. The normalized spacial score (nSPS) is 17.1. The van der Waals surface area contributed by atoms with Crippen LogP contribution >= 0.6 is 11.3 Å². The van der Waals surface area contributed by atoms with Crippen LogP contribution in [0.15, 0.2) is 47.2 Å². The Morgan fingerprint density at radius 3 is 2.70 bits per heavy atom. The molecule has 33 heavy (non-hydrogen) atoms. The van der Waals surface area contributed by atoms with E-state index in [1.54, 1.807) is 11.3 Å². The fraction of sp³-hybridized carbons (Fsp3) is 0.423. The van der Waals surface area contributed by atoms with E-state index in [1.165, 1.54) is 5.56 Å². The molecule has 2 aromatic heterocycles. The van der Waals surface area contributed by atoms with Crippen molar-refractivity contribution in [3.8, 4) is 0 Å². The van der Waals surface area contributed by atoms with Gasteiger partial charge in [-0.2, -0.15) is 16.4 Å². The first kappa shape index (κ1) is 21.9. The number of nitrogens with one attached hydrogen (secondary N) is 1. The highest BCUT2D eigenvalue weighted by Gasteiger charge is 2.35. The number of aromatic nitrogens is 2. The molecule has 2 amide bonds. The number of hydrogen-bond acceptors (Lipinski definition) is 4. The zero-order valence-electron chi connectivity index (χ0n) is 19.0. The third-order valence-corrected chi connectivity index (χ3v) is 7.94. The van der Waals surface area contributed by atoms with Crippen molar-refractivity contribution in [3.63, 3.8) is 0 Å². The number of fused-ring (bicyclic) bond motifs is 1. The Kier molecular flexibility index (Phi) is 6.31. The number of hydrogen-bond donors (Lipinski definition) is 1. The quantitative estimate of drug-likeness (QED) is 0.597. The summed E-state index contributed by atoms with van der Waals surface area (Å²) < 4.78 is 0. The lowest BCUT2D eigenvalue weighted by Gasteiger charge is -2.40. The molecule has 0 saturated carbocycles. The van der Waals surface area contributed by atoms with E-state index in [4.69, 9.17) is 0 Å². The Bertz CT molecular complexity index is 1100. The molecule has 3 heterocycles. The zero-order chi connectivity index (χ0) is 22.8. The summed E-state index contributed by atoms with van der Waals surface area (Å²) in [7, 11) is 1.93. The molecule has 6 nitrogen and oxygen atoms in total. The third kappa shape index (κ3) is 4.47. The Balaban J connectivity index is 1.30. The van der Waals surface area contributed by atoms with Gasteiger partial charge in [-0.05, 0) is 61.5 Å². The highest BCUT2D eigenvalue weighted by molar-refractivity contribution is 7.08. The second-order valence-electron chi connectivity index (χ2n) is 9.20. The van der Waals surface area contributed by atoms with Crippen LogP contribution in [0, 0.1) is 5.92 Å². The molecule has 0 bridgehead atoms. The zero-order valence-corrected chi connectivity index (χ0v) is 19.8. The van der Waals surface area contributed by atoms with Gasteiger partial charge in [-0.3, -0.25) is 14.7 Å². The monoisotopic (exact) mass is 462 g/mol. The Morgan fingerprint density at radius 1 is 1.18 bits per heavy atom. The van der Waals surface area contributed by atoms with Gasteiger partial charge >= 0.3 is 0 Å². The minimum Gasteiger partial charge on any atom is -0.338 e. The van der Waals surface area contributed by atoms with Crippen LogP contribution < -0.4 is 0 Å². The number of likely N-dealkylation sites (tertiary alicyclic amines) is 1. The number of H-pyrrole nitrogens is 1. The van der Waals surface area contributed by atoms with Gasteiger partial charge in [-0.1, -0.05) is 30.3 Å². The van der Waals surface area contributed by atoms with Crippen LogP contribution in [0.4, 0.5) is 0 Å². The molecule has 1 aliphatic heterocycles. The van der Waals surface area contributed by atoms with Gasteiger partial charge in [0.1, 0.15) is 0 Å². The van der Waals surface area contributed by atoms with E-state index in [9.17, 15) is 9.59 Å². The molecule has 1 unspecified atom stereocenters. The number of nitrogens with zero attached hydrogens (tertiary/aromatic N) is 3. The van der Waals surface area contributed by atoms with E-state index in [2.05, 4.69) is 34.5 Å². The number of amides is 2. The van der Waals surface area contributed by atoms with Crippen molar-refractivity contribution in [1.29, 1.82) is 0 Å². The van der Waals surface area contributed by atoms with E-state index >= 15 is 0 Å². The van der Waals surface area contributed by atoms with Crippen LogP contribution in [0.3, 0.4) is 0 Å². The average molecular weight is 463 g/mol. The number of carbonyl (C=O) groups excluding carboxylic acids is 2. The molecule has 0 radical (unpaired) electrons. The highest BCUT2D eigenvalue weighted by Crippen LogP contribution is 2.30. The van der Waals surface area contributed by atoms with Crippen molar-refractivity contribution in [3.05, 3.63) is 75.2 Å². The molecule has 1 atom stereocenters. The van der Waals surface area contributed by atoms with Crippen molar-refractivity contribution >= 4 is 23.2 Å². The summed E-state index contributed by atoms with van der Waals surface area (Å²) in [6.07, 6.45) is 5.62. The second-order valence-corrected chi connectivity index (χ2v) is 9.98. The molecular formula is C26H30N4O2S. The van der Waals surface area contributed by atoms with Gasteiger partial charge in [0.05, 0.1) is 5.56 Å². The first-order valence-electron chi connectivity index (χ1n) is 11.8. The number of thiophene rings is 1. The van der Waals surface area contributed by atoms with Crippen molar-refractivity contribution in [2.45, 2.75) is 44.6 Å². The molecule has 1 fully saturated rings. The highest BCUT2D eigenvalue weighted by atomic mass is 32.1. The van der Waals surface area contributed by atoms with Gasteiger partial charge in [-0.25, -0.2) is 0 Å². The molecule has 172 valence electrons. The average Bonchev–Trinajstić information content (AvgIpc) is 3.61. The Hall–Kier alpha value is -2.93. The number of piperidine rings is 1. The molecule has 1 aromatic carbocycles. The number of aromatic amines is 1. The van der Waals surface area contributed by atoms with Crippen LogP contribution in [0.2, 0.25) is 0 Å². The van der Waals surface area contributed by atoms with E-state index < -0.39 is 0 Å². The number of carbonyl (C=O) groups is 2.